The summed E-state index contributed by atoms with van der Waals surface area (Å²) in [4.78, 5) is 0.101. The van der Waals surface area contributed by atoms with Crippen LogP contribution in [0.3, 0.4) is 0 Å². The molecule has 0 aliphatic heterocycles. The minimum Gasteiger partial charge on any atom is -0.465 e. The van der Waals surface area contributed by atoms with Crippen LogP contribution in [0, 0.1) is 25.7 Å². The molecule has 1 aliphatic rings. The van der Waals surface area contributed by atoms with Gasteiger partial charge in [0.1, 0.15) is 16.4 Å². The van der Waals surface area contributed by atoms with E-state index in [0.29, 0.717) is 35.5 Å². The van der Waals surface area contributed by atoms with Crippen LogP contribution in [0.1, 0.15) is 43.3 Å². The zero-order valence-electron chi connectivity index (χ0n) is 12.3. The van der Waals surface area contributed by atoms with E-state index in [9.17, 15) is 13.5 Å². The second kappa shape index (κ2) is 5.87. The summed E-state index contributed by atoms with van der Waals surface area (Å²) >= 11 is 0. The highest BCUT2D eigenvalue weighted by Crippen LogP contribution is 2.31. The number of hydrogen-bond donors (Lipinski definition) is 2. The smallest absolute Gasteiger partial charge is 0.244 e. The quantitative estimate of drug-likeness (QED) is 0.873. The molecule has 1 aromatic rings. The van der Waals surface area contributed by atoms with Crippen molar-refractivity contribution in [2.75, 3.05) is 6.54 Å². The molecule has 0 saturated heterocycles. The number of rotatable bonds is 5. The molecular formula is C14H23NO4S. The summed E-state index contributed by atoms with van der Waals surface area (Å²) < 4.78 is 32.8. The SMILES string of the molecule is Cc1oc(C)c(S(=O)(=O)NCC2CCC(C)C2)c1CO. The highest BCUT2D eigenvalue weighted by molar-refractivity contribution is 7.89. The predicted octanol–water partition coefficient (Wildman–Crippen LogP) is 2.10. The molecule has 2 rings (SSSR count). The van der Waals surface area contributed by atoms with Gasteiger partial charge in [0, 0.05) is 12.1 Å². The minimum atomic E-state index is -3.62. The van der Waals surface area contributed by atoms with Crippen molar-refractivity contribution in [1.82, 2.24) is 4.72 Å². The summed E-state index contributed by atoms with van der Waals surface area (Å²) in [6, 6.07) is 0. The van der Waals surface area contributed by atoms with Crippen molar-refractivity contribution in [2.45, 2.75) is 51.5 Å². The molecule has 20 heavy (non-hydrogen) atoms. The van der Waals surface area contributed by atoms with Gasteiger partial charge in [-0.05, 0) is 38.5 Å². The van der Waals surface area contributed by atoms with Crippen LogP contribution in [0.4, 0.5) is 0 Å². The van der Waals surface area contributed by atoms with Crippen molar-refractivity contribution in [1.29, 1.82) is 0 Å². The summed E-state index contributed by atoms with van der Waals surface area (Å²) in [5, 5.41) is 9.34. The molecule has 5 nitrogen and oxygen atoms in total. The lowest BCUT2D eigenvalue weighted by molar-refractivity contribution is 0.276. The maximum atomic E-state index is 12.4. The number of aliphatic hydroxyl groups excluding tert-OH is 1. The average molecular weight is 301 g/mol. The number of hydrogen-bond acceptors (Lipinski definition) is 4. The first kappa shape index (κ1) is 15.5. The molecule has 2 N–H and O–H groups in total. The fourth-order valence-corrected chi connectivity index (χ4v) is 4.61. The molecule has 2 atom stereocenters. The molecule has 0 bridgehead atoms. The average Bonchev–Trinajstić information content (AvgIpc) is 2.90. The van der Waals surface area contributed by atoms with Crippen molar-refractivity contribution < 1.29 is 17.9 Å². The lowest BCUT2D eigenvalue weighted by Gasteiger charge is -2.12. The summed E-state index contributed by atoms with van der Waals surface area (Å²) in [6.45, 7) is 5.59. The van der Waals surface area contributed by atoms with E-state index in [-0.39, 0.29) is 11.5 Å². The standard InChI is InChI=1S/C14H23NO4S/c1-9-4-5-12(6-9)7-15-20(17,18)14-11(3)19-10(2)13(14)8-16/h9,12,15-16H,4-8H2,1-3H3. The van der Waals surface area contributed by atoms with Crippen molar-refractivity contribution in [3.8, 4) is 0 Å². The Morgan fingerprint density at radius 2 is 2.00 bits per heavy atom. The van der Waals surface area contributed by atoms with Gasteiger partial charge in [-0.3, -0.25) is 0 Å². The Hall–Kier alpha value is -0.850. The van der Waals surface area contributed by atoms with E-state index in [4.69, 9.17) is 4.42 Å². The van der Waals surface area contributed by atoms with Gasteiger partial charge >= 0.3 is 0 Å². The van der Waals surface area contributed by atoms with Crippen LogP contribution in [0.15, 0.2) is 9.31 Å². The third-order valence-corrected chi connectivity index (χ3v) is 5.74. The second-order valence-corrected chi connectivity index (χ2v) is 7.52. The largest absolute Gasteiger partial charge is 0.465 e. The summed E-state index contributed by atoms with van der Waals surface area (Å²) in [5.41, 5.74) is 0.356. The van der Waals surface area contributed by atoms with E-state index in [1.165, 1.54) is 0 Å². The Labute approximate surface area is 120 Å². The second-order valence-electron chi connectivity index (χ2n) is 5.82. The number of aliphatic hydroxyl groups is 1. The third-order valence-electron chi connectivity index (χ3n) is 4.12. The lowest BCUT2D eigenvalue weighted by Crippen LogP contribution is -2.29. The predicted molar refractivity (Wildman–Crippen MR) is 75.8 cm³/mol. The van der Waals surface area contributed by atoms with E-state index in [1.807, 2.05) is 0 Å². The van der Waals surface area contributed by atoms with Crippen molar-refractivity contribution in [3.05, 3.63) is 17.1 Å². The Balaban J connectivity index is 2.14. The Kier molecular flexibility index (Phi) is 4.56. The first-order chi connectivity index (χ1) is 9.35. The molecule has 114 valence electrons. The van der Waals surface area contributed by atoms with Crippen LogP contribution < -0.4 is 4.72 Å². The van der Waals surface area contributed by atoms with Crippen LogP contribution in [0.5, 0.6) is 0 Å². The molecule has 2 unspecified atom stereocenters. The van der Waals surface area contributed by atoms with E-state index in [0.717, 1.165) is 19.3 Å². The van der Waals surface area contributed by atoms with Crippen LogP contribution in [-0.4, -0.2) is 20.1 Å². The Morgan fingerprint density at radius 1 is 1.30 bits per heavy atom. The van der Waals surface area contributed by atoms with Gasteiger partial charge in [0.2, 0.25) is 10.0 Å². The van der Waals surface area contributed by atoms with Gasteiger partial charge in [0.05, 0.1) is 6.61 Å². The van der Waals surface area contributed by atoms with Gasteiger partial charge < -0.3 is 9.52 Å². The highest BCUT2D eigenvalue weighted by Gasteiger charge is 2.28. The van der Waals surface area contributed by atoms with Crippen LogP contribution in [0.2, 0.25) is 0 Å². The lowest BCUT2D eigenvalue weighted by atomic mass is 10.1. The zero-order chi connectivity index (χ0) is 14.9. The summed E-state index contributed by atoms with van der Waals surface area (Å²) in [7, 11) is -3.62. The number of sulfonamides is 1. The molecule has 0 spiro atoms. The van der Waals surface area contributed by atoms with Crippen molar-refractivity contribution in [3.63, 3.8) is 0 Å². The molecule has 1 aliphatic carbocycles. The van der Waals surface area contributed by atoms with Gasteiger partial charge in [-0.2, -0.15) is 0 Å². The molecule has 0 aromatic carbocycles. The fraction of sp³-hybridized carbons (Fsp3) is 0.714. The number of nitrogens with one attached hydrogen (secondary N) is 1. The molecule has 0 radical (unpaired) electrons. The van der Waals surface area contributed by atoms with Crippen molar-refractivity contribution in [2.24, 2.45) is 11.8 Å². The van der Waals surface area contributed by atoms with E-state index in [2.05, 4.69) is 11.6 Å². The minimum absolute atomic E-state index is 0.101. The van der Waals surface area contributed by atoms with Gasteiger partial charge in [-0.1, -0.05) is 13.3 Å². The first-order valence-corrected chi connectivity index (χ1v) is 8.52. The summed E-state index contributed by atoms with van der Waals surface area (Å²) in [5.74, 6) is 1.87. The van der Waals surface area contributed by atoms with E-state index < -0.39 is 10.0 Å². The molecule has 6 heteroatoms. The van der Waals surface area contributed by atoms with Gasteiger partial charge in [-0.15, -0.1) is 0 Å². The first-order valence-electron chi connectivity index (χ1n) is 7.04. The third kappa shape index (κ3) is 3.07. The Bertz CT molecular complexity index is 576. The van der Waals surface area contributed by atoms with Crippen LogP contribution in [0.25, 0.3) is 0 Å². The van der Waals surface area contributed by atoms with Crippen molar-refractivity contribution >= 4 is 10.0 Å². The molecular weight excluding hydrogens is 278 g/mol. The maximum absolute atomic E-state index is 12.4. The highest BCUT2D eigenvalue weighted by atomic mass is 32.2. The normalized spacial score (nSPS) is 23.4. The molecule has 1 saturated carbocycles. The Morgan fingerprint density at radius 3 is 2.55 bits per heavy atom. The van der Waals surface area contributed by atoms with Crippen LogP contribution in [-0.2, 0) is 16.6 Å². The molecule has 1 fully saturated rings. The van der Waals surface area contributed by atoms with E-state index >= 15 is 0 Å². The number of aryl methyl sites for hydroxylation is 2. The zero-order valence-corrected chi connectivity index (χ0v) is 13.1. The van der Waals surface area contributed by atoms with Gasteiger partial charge in [0.15, 0.2) is 0 Å². The maximum Gasteiger partial charge on any atom is 0.244 e. The van der Waals surface area contributed by atoms with Gasteiger partial charge in [0.25, 0.3) is 0 Å². The van der Waals surface area contributed by atoms with Gasteiger partial charge in [-0.25, -0.2) is 13.1 Å². The summed E-state index contributed by atoms with van der Waals surface area (Å²) in [6.07, 6.45) is 3.30. The molecule has 0 amide bonds. The van der Waals surface area contributed by atoms with Crippen LogP contribution >= 0.6 is 0 Å². The topological polar surface area (TPSA) is 79.5 Å². The fourth-order valence-electron chi connectivity index (χ4n) is 3.05. The monoisotopic (exact) mass is 301 g/mol. The van der Waals surface area contributed by atoms with E-state index in [1.54, 1.807) is 13.8 Å². The molecule has 1 aromatic heterocycles. The number of furan rings is 1. The molecule has 1 heterocycles.